The Kier molecular flexibility index (Phi) is 5.16. The van der Waals surface area contributed by atoms with Gasteiger partial charge in [-0.3, -0.25) is 4.79 Å². The summed E-state index contributed by atoms with van der Waals surface area (Å²) in [5.41, 5.74) is 0.690. The second-order valence-corrected chi connectivity index (χ2v) is 5.06. The number of carbonyl (C=O) groups excluding carboxylic acids is 1. The van der Waals surface area contributed by atoms with Crippen molar-refractivity contribution in [1.29, 1.82) is 0 Å². The quantitative estimate of drug-likeness (QED) is 0.839. The molecule has 0 aliphatic carbocycles. The highest BCUT2D eigenvalue weighted by atomic mass is 32.2. The summed E-state index contributed by atoms with van der Waals surface area (Å²) in [5, 5.41) is 2.67. The summed E-state index contributed by atoms with van der Waals surface area (Å²) in [5.74, 6) is -2.53. The van der Waals surface area contributed by atoms with Gasteiger partial charge in [-0.25, -0.2) is 0 Å². The number of halogens is 2. The molecule has 6 heteroatoms. The van der Waals surface area contributed by atoms with E-state index in [9.17, 15) is 13.6 Å². The molecule has 0 spiro atoms. The molecule has 0 radical (unpaired) electrons. The Balaban J connectivity index is 2.24. The van der Waals surface area contributed by atoms with Crippen molar-refractivity contribution in [2.24, 2.45) is 0 Å². The third-order valence-corrected chi connectivity index (χ3v) is 3.49. The normalized spacial score (nSPS) is 10.5. The lowest BCUT2D eigenvalue weighted by Gasteiger charge is -2.12. The lowest BCUT2D eigenvalue weighted by atomic mass is 10.2. The molecule has 1 amide bonds. The van der Waals surface area contributed by atoms with Crippen LogP contribution in [-0.4, -0.2) is 18.8 Å². The van der Waals surface area contributed by atoms with Crippen LogP contribution in [0.4, 0.5) is 14.5 Å². The molecule has 0 aromatic heterocycles. The number of alkyl halides is 2. The number of hydrogen-bond acceptors (Lipinski definition) is 3. The maximum atomic E-state index is 12.5. The second-order valence-electron chi connectivity index (χ2n) is 4.03. The van der Waals surface area contributed by atoms with E-state index in [-0.39, 0.29) is 10.5 Å². The van der Waals surface area contributed by atoms with E-state index < -0.39 is 11.7 Å². The van der Waals surface area contributed by atoms with Crippen molar-refractivity contribution in [3.63, 3.8) is 0 Å². The van der Waals surface area contributed by atoms with Crippen molar-refractivity contribution in [2.75, 3.05) is 12.4 Å². The predicted molar refractivity (Wildman–Crippen MR) is 79.3 cm³/mol. The number of carbonyl (C=O) groups is 1. The van der Waals surface area contributed by atoms with Gasteiger partial charge in [0.15, 0.2) is 0 Å². The molecule has 0 unspecified atom stereocenters. The lowest BCUT2D eigenvalue weighted by Crippen LogP contribution is -2.13. The monoisotopic (exact) mass is 309 g/mol. The number of methoxy groups -OCH3 is 1. The molecule has 0 fully saturated rings. The summed E-state index contributed by atoms with van der Waals surface area (Å²) < 4.78 is 30.2. The number of ether oxygens (including phenoxy) is 1. The molecule has 2 aromatic carbocycles. The molecule has 2 aromatic rings. The summed E-state index contributed by atoms with van der Waals surface area (Å²) in [7, 11) is 1.49. The van der Waals surface area contributed by atoms with Crippen LogP contribution in [0.25, 0.3) is 0 Å². The summed E-state index contributed by atoms with van der Waals surface area (Å²) >= 11 is 0.348. The minimum absolute atomic E-state index is 0.203. The molecule has 0 saturated heterocycles. The van der Waals surface area contributed by atoms with Gasteiger partial charge in [0.1, 0.15) is 5.75 Å². The van der Waals surface area contributed by atoms with Crippen molar-refractivity contribution in [3.05, 3.63) is 54.1 Å². The predicted octanol–water partition coefficient (Wildman–Crippen LogP) is 4.26. The smallest absolute Gasteiger partial charge is 0.288 e. The van der Waals surface area contributed by atoms with E-state index in [0.29, 0.717) is 23.2 Å². The van der Waals surface area contributed by atoms with Gasteiger partial charge < -0.3 is 10.1 Å². The highest BCUT2D eigenvalue weighted by molar-refractivity contribution is 7.99. The molecule has 0 bridgehead atoms. The van der Waals surface area contributed by atoms with E-state index >= 15 is 0 Å². The van der Waals surface area contributed by atoms with Crippen LogP contribution in [0, 0.1) is 0 Å². The van der Waals surface area contributed by atoms with Crippen LogP contribution >= 0.6 is 11.8 Å². The average molecular weight is 309 g/mol. The topological polar surface area (TPSA) is 38.3 Å². The van der Waals surface area contributed by atoms with Gasteiger partial charge in [0.25, 0.3) is 11.7 Å². The van der Waals surface area contributed by atoms with Gasteiger partial charge in [-0.2, -0.15) is 8.78 Å². The molecule has 0 aliphatic rings. The molecular weight excluding hydrogens is 296 g/mol. The number of thioether (sulfide) groups is 1. The highest BCUT2D eigenvalue weighted by Gasteiger charge is 2.16. The highest BCUT2D eigenvalue weighted by Crippen LogP contribution is 2.30. The number of nitrogens with one attached hydrogen (secondary N) is 1. The molecule has 1 N–H and O–H groups in total. The molecule has 2 rings (SSSR count). The van der Waals surface area contributed by atoms with Gasteiger partial charge in [0.2, 0.25) is 0 Å². The molecule has 0 saturated carbocycles. The van der Waals surface area contributed by atoms with Crippen LogP contribution in [0.3, 0.4) is 0 Å². The fourth-order valence-corrected chi connectivity index (χ4v) is 2.43. The molecule has 0 heterocycles. The van der Waals surface area contributed by atoms with Crippen molar-refractivity contribution >= 4 is 23.4 Å². The Bertz CT molecular complexity index is 635. The van der Waals surface area contributed by atoms with E-state index in [1.54, 1.807) is 36.4 Å². The zero-order valence-electron chi connectivity index (χ0n) is 11.2. The molecule has 0 aliphatic heterocycles. The summed E-state index contributed by atoms with van der Waals surface area (Å²) in [6, 6.07) is 13.2. The zero-order chi connectivity index (χ0) is 15.2. The van der Waals surface area contributed by atoms with E-state index in [0.717, 1.165) is 0 Å². The van der Waals surface area contributed by atoms with Crippen LogP contribution in [-0.2, 0) is 0 Å². The first kappa shape index (κ1) is 15.3. The fraction of sp³-hybridized carbons (Fsp3) is 0.133. The van der Waals surface area contributed by atoms with Gasteiger partial charge in [-0.05, 0) is 24.3 Å². The van der Waals surface area contributed by atoms with Crippen LogP contribution in [0.5, 0.6) is 5.75 Å². The molecular formula is C15H13F2NO2S. The first-order valence-corrected chi connectivity index (χ1v) is 6.98. The summed E-state index contributed by atoms with van der Waals surface area (Å²) in [6.45, 7) is 0. The molecule has 110 valence electrons. The van der Waals surface area contributed by atoms with Gasteiger partial charge in [0, 0.05) is 4.90 Å². The number of benzene rings is 2. The maximum absolute atomic E-state index is 12.5. The largest absolute Gasteiger partial charge is 0.495 e. The van der Waals surface area contributed by atoms with Crippen molar-refractivity contribution < 1.29 is 18.3 Å². The Morgan fingerprint density at radius 3 is 2.52 bits per heavy atom. The Labute approximate surface area is 125 Å². The first-order valence-electron chi connectivity index (χ1n) is 6.10. The minimum Gasteiger partial charge on any atom is -0.495 e. The maximum Gasteiger partial charge on any atom is 0.288 e. The van der Waals surface area contributed by atoms with E-state index in [2.05, 4.69) is 5.32 Å². The number of para-hydroxylation sites is 2. The summed E-state index contributed by atoms with van der Waals surface area (Å²) in [4.78, 5) is 12.5. The molecule has 21 heavy (non-hydrogen) atoms. The number of rotatable bonds is 5. The van der Waals surface area contributed by atoms with Crippen molar-refractivity contribution in [3.8, 4) is 5.75 Å². The van der Waals surface area contributed by atoms with Crippen LogP contribution in [0.2, 0.25) is 0 Å². The van der Waals surface area contributed by atoms with Crippen molar-refractivity contribution in [1.82, 2.24) is 0 Å². The van der Waals surface area contributed by atoms with E-state index in [1.165, 1.54) is 19.2 Å². The third kappa shape index (κ3) is 3.95. The Morgan fingerprint density at radius 2 is 1.81 bits per heavy atom. The molecule has 3 nitrogen and oxygen atoms in total. The number of amides is 1. The van der Waals surface area contributed by atoms with Gasteiger partial charge >= 0.3 is 0 Å². The fourth-order valence-electron chi connectivity index (χ4n) is 1.79. The summed E-state index contributed by atoms with van der Waals surface area (Å²) in [6.07, 6.45) is 0. The van der Waals surface area contributed by atoms with Crippen LogP contribution in [0.1, 0.15) is 10.4 Å². The van der Waals surface area contributed by atoms with E-state index in [1.807, 2.05) is 0 Å². The number of hydrogen-bond donors (Lipinski definition) is 1. The van der Waals surface area contributed by atoms with Crippen LogP contribution in [0.15, 0.2) is 53.4 Å². The molecule has 0 atom stereocenters. The SMILES string of the molecule is COc1ccccc1NC(=O)c1ccccc1SC(F)F. The zero-order valence-corrected chi connectivity index (χ0v) is 12.0. The van der Waals surface area contributed by atoms with Crippen LogP contribution < -0.4 is 10.1 Å². The standard InChI is InChI=1S/C15H13F2NO2S/c1-20-12-8-4-3-7-11(12)18-14(19)10-6-2-5-9-13(10)21-15(16)17/h2-9,15H,1H3,(H,18,19). The van der Waals surface area contributed by atoms with Crippen molar-refractivity contribution in [2.45, 2.75) is 10.7 Å². The first-order chi connectivity index (χ1) is 10.1. The Morgan fingerprint density at radius 1 is 1.14 bits per heavy atom. The third-order valence-electron chi connectivity index (χ3n) is 2.70. The van der Waals surface area contributed by atoms with E-state index in [4.69, 9.17) is 4.74 Å². The van der Waals surface area contributed by atoms with Gasteiger partial charge in [0.05, 0.1) is 18.4 Å². The van der Waals surface area contributed by atoms with Gasteiger partial charge in [-0.15, -0.1) is 0 Å². The average Bonchev–Trinajstić information content (AvgIpc) is 2.47. The second kappa shape index (κ2) is 7.08. The number of anilines is 1. The lowest BCUT2D eigenvalue weighted by molar-refractivity contribution is 0.102. The minimum atomic E-state index is -2.58. The van der Waals surface area contributed by atoms with Gasteiger partial charge in [-0.1, -0.05) is 36.0 Å². The Hall–Kier alpha value is -2.08.